The SMILES string of the molecule is C[C@H]1[C@H]([Si](C)(C)F)[C@@H](CCO)O[C@]12C(=O)N(Cc1cccc(N3CCC3=O)c1)c1ccc(N3CCC3=O)cc12. The summed E-state index contributed by atoms with van der Waals surface area (Å²) in [7, 11) is -3.30. The number of ether oxygens (including phenoxy) is 1. The predicted molar refractivity (Wildman–Crippen MR) is 148 cm³/mol. The van der Waals surface area contributed by atoms with Gasteiger partial charge in [-0.1, -0.05) is 19.1 Å². The molecule has 39 heavy (non-hydrogen) atoms. The summed E-state index contributed by atoms with van der Waals surface area (Å²) in [4.78, 5) is 43.8. The van der Waals surface area contributed by atoms with E-state index in [2.05, 4.69) is 0 Å². The number of carbonyl (C=O) groups is 3. The molecule has 0 saturated carbocycles. The van der Waals surface area contributed by atoms with Crippen LogP contribution in [0.1, 0.15) is 37.3 Å². The molecule has 0 bridgehead atoms. The molecule has 0 radical (unpaired) electrons. The van der Waals surface area contributed by atoms with Gasteiger partial charge in [0, 0.05) is 60.9 Å². The van der Waals surface area contributed by atoms with Crippen LogP contribution in [0.5, 0.6) is 0 Å². The molecule has 4 aliphatic heterocycles. The number of halogens is 1. The molecule has 0 aromatic heterocycles. The van der Waals surface area contributed by atoms with Gasteiger partial charge in [-0.2, -0.15) is 0 Å². The first-order valence-corrected chi connectivity index (χ1v) is 16.7. The minimum Gasteiger partial charge on any atom is -0.396 e. The molecule has 8 nitrogen and oxygen atoms in total. The Kier molecular flexibility index (Phi) is 6.20. The number of nitrogens with zero attached hydrogens (tertiary/aromatic N) is 3. The number of hydrogen-bond acceptors (Lipinski definition) is 5. The van der Waals surface area contributed by atoms with E-state index in [0.717, 1.165) is 11.3 Å². The predicted octanol–water partition coefficient (Wildman–Crippen LogP) is 3.86. The number of aliphatic hydroxyl groups is 1. The number of benzene rings is 2. The first-order chi connectivity index (χ1) is 18.6. The number of hydrogen-bond donors (Lipinski definition) is 1. The quantitative estimate of drug-likeness (QED) is 0.321. The second-order valence-corrected chi connectivity index (χ2v) is 15.4. The van der Waals surface area contributed by atoms with Gasteiger partial charge in [-0.15, -0.1) is 0 Å². The summed E-state index contributed by atoms with van der Waals surface area (Å²) in [6, 6.07) is 13.2. The molecule has 2 aromatic rings. The molecule has 4 aliphatic rings. The van der Waals surface area contributed by atoms with Gasteiger partial charge in [-0.3, -0.25) is 14.4 Å². The third kappa shape index (κ3) is 3.95. The summed E-state index contributed by atoms with van der Waals surface area (Å²) in [5, 5.41) is 9.78. The Morgan fingerprint density at radius 1 is 1.03 bits per heavy atom. The summed E-state index contributed by atoms with van der Waals surface area (Å²) in [5.41, 5.74) is 1.79. The van der Waals surface area contributed by atoms with Crippen LogP contribution in [0, 0.1) is 5.92 Å². The summed E-state index contributed by atoms with van der Waals surface area (Å²) in [5.74, 6) is -0.624. The summed E-state index contributed by atoms with van der Waals surface area (Å²) in [6.07, 6.45) is 0.670. The number of fused-ring (bicyclic) bond motifs is 2. The molecule has 10 heteroatoms. The Balaban J connectivity index is 1.43. The largest absolute Gasteiger partial charge is 0.396 e. The van der Waals surface area contributed by atoms with Gasteiger partial charge >= 0.3 is 0 Å². The molecule has 0 unspecified atom stereocenters. The maximum Gasteiger partial charge on any atom is 0.264 e. The van der Waals surface area contributed by atoms with Crippen LogP contribution in [0.2, 0.25) is 18.6 Å². The Morgan fingerprint density at radius 3 is 2.26 bits per heavy atom. The smallest absolute Gasteiger partial charge is 0.264 e. The van der Waals surface area contributed by atoms with Gasteiger partial charge in [-0.05, 0) is 55.4 Å². The van der Waals surface area contributed by atoms with Gasteiger partial charge < -0.3 is 28.7 Å². The first kappa shape index (κ1) is 26.2. The fourth-order valence-electron chi connectivity index (χ4n) is 6.94. The summed E-state index contributed by atoms with van der Waals surface area (Å²) < 4.78 is 22.4. The van der Waals surface area contributed by atoms with Crippen molar-refractivity contribution < 1.29 is 28.3 Å². The van der Waals surface area contributed by atoms with Gasteiger partial charge in [-0.25, -0.2) is 0 Å². The molecule has 4 heterocycles. The highest BCUT2D eigenvalue weighted by molar-refractivity contribution is 6.72. The number of amides is 3. The molecule has 1 N–H and O–H groups in total. The van der Waals surface area contributed by atoms with Crippen LogP contribution in [0.3, 0.4) is 0 Å². The van der Waals surface area contributed by atoms with Crippen LogP contribution in [0.4, 0.5) is 21.2 Å². The molecule has 3 amide bonds. The zero-order chi connectivity index (χ0) is 27.7. The molecule has 3 saturated heterocycles. The molecule has 4 atom stereocenters. The van der Waals surface area contributed by atoms with E-state index in [4.69, 9.17) is 4.74 Å². The number of aliphatic hydroxyl groups excluding tert-OH is 1. The lowest BCUT2D eigenvalue weighted by atomic mass is 9.82. The lowest BCUT2D eigenvalue weighted by Gasteiger charge is -2.33. The number of anilines is 3. The second-order valence-electron chi connectivity index (χ2n) is 11.6. The standard InChI is InChI=1S/C29H34FN3O5Si/c1-18-27(39(2,3)30)24(11-14-34)38-29(18)22-16-21(32-13-10-26(32)36)7-8-23(22)33(28(29)37)17-19-5-4-6-20(15-19)31-12-9-25(31)35/h4-8,15-16,18,24,27,34H,9-14,17H2,1-3H3/t18-,24+,27-,29+/m0/s1. The zero-order valence-electron chi connectivity index (χ0n) is 22.5. The topological polar surface area (TPSA) is 90.4 Å². The lowest BCUT2D eigenvalue weighted by Crippen LogP contribution is -2.45. The number of rotatable bonds is 7. The van der Waals surface area contributed by atoms with Crippen LogP contribution < -0.4 is 14.7 Å². The fraction of sp³-hybridized carbons (Fsp3) is 0.483. The van der Waals surface area contributed by atoms with Gasteiger partial charge in [0.05, 0.1) is 18.3 Å². The third-order valence-corrected chi connectivity index (χ3v) is 11.4. The van der Waals surface area contributed by atoms with E-state index in [1.807, 2.05) is 49.4 Å². The maximum absolute atomic E-state index is 15.8. The molecule has 2 aromatic carbocycles. The van der Waals surface area contributed by atoms with Gasteiger partial charge in [0.1, 0.15) is 0 Å². The van der Waals surface area contributed by atoms with Crippen molar-refractivity contribution in [2.75, 3.05) is 34.4 Å². The fourth-order valence-corrected chi connectivity index (χ4v) is 9.48. The van der Waals surface area contributed by atoms with Crippen LogP contribution in [0.25, 0.3) is 0 Å². The summed E-state index contributed by atoms with van der Waals surface area (Å²) in [6.45, 7) is 6.54. The number of β-lactam (4-membered cyclic amide) rings is 2. The minimum absolute atomic E-state index is 0.0243. The summed E-state index contributed by atoms with van der Waals surface area (Å²) >= 11 is 0. The van der Waals surface area contributed by atoms with Crippen LogP contribution in [0.15, 0.2) is 42.5 Å². The average Bonchev–Trinajstić information content (AvgIpc) is 3.29. The van der Waals surface area contributed by atoms with E-state index in [9.17, 15) is 19.5 Å². The molecule has 206 valence electrons. The third-order valence-electron chi connectivity index (χ3n) is 8.93. The Hall–Kier alpha value is -3.08. The van der Waals surface area contributed by atoms with Gasteiger partial charge in [0.2, 0.25) is 20.2 Å². The molecule has 1 spiro atoms. The normalized spacial score (nSPS) is 28.3. The van der Waals surface area contributed by atoms with Crippen molar-refractivity contribution in [1.82, 2.24) is 0 Å². The maximum atomic E-state index is 15.8. The highest BCUT2D eigenvalue weighted by Crippen LogP contribution is 2.60. The van der Waals surface area contributed by atoms with Crippen molar-refractivity contribution in [1.29, 1.82) is 0 Å². The molecule has 3 fully saturated rings. The first-order valence-electron chi connectivity index (χ1n) is 13.7. The molecular formula is C29H34FN3O5Si. The van der Waals surface area contributed by atoms with E-state index >= 15 is 4.11 Å². The van der Waals surface area contributed by atoms with E-state index in [1.165, 1.54) is 0 Å². The van der Waals surface area contributed by atoms with E-state index in [1.54, 1.807) is 27.8 Å². The van der Waals surface area contributed by atoms with Crippen molar-refractivity contribution in [3.8, 4) is 0 Å². The zero-order valence-corrected chi connectivity index (χ0v) is 23.5. The molecular weight excluding hydrogens is 517 g/mol. The Labute approximate surface area is 228 Å². The molecule has 6 rings (SSSR count). The van der Waals surface area contributed by atoms with E-state index < -0.39 is 31.6 Å². The Morgan fingerprint density at radius 2 is 1.69 bits per heavy atom. The van der Waals surface area contributed by atoms with Crippen molar-refractivity contribution >= 4 is 43.2 Å². The van der Waals surface area contributed by atoms with Gasteiger partial charge in [0.25, 0.3) is 5.91 Å². The monoisotopic (exact) mass is 551 g/mol. The van der Waals surface area contributed by atoms with Crippen molar-refractivity contribution in [3.05, 3.63) is 53.6 Å². The van der Waals surface area contributed by atoms with Gasteiger partial charge in [0.15, 0.2) is 5.60 Å². The molecule has 0 aliphatic carbocycles. The Bertz CT molecular complexity index is 1360. The van der Waals surface area contributed by atoms with Crippen LogP contribution in [-0.4, -0.2) is 57.0 Å². The lowest BCUT2D eigenvalue weighted by molar-refractivity contribution is -0.146. The van der Waals surface area contributed by atoms with Crippen LogP contribution in [-0.2, 0) is 31.3 Å². The van der Waals surface area contributed by atoms with Crippen LogP contribution >= 0.6 is 0 Å². The number of carbonyl (C=O) groups excluding carboxylic acids is 3. The average molecular weight is 552 g/mol. The van der Waals surface area contributed by atoms with E-state index in [0.29, 0.717) is 42.9 Å². The second kappa shape index (κ2) is 9.24. The highest BCUT2D eigenvalue weighted by Gasteiger charge is 2.66. The minimum atomic E-state index is -3.30. The van der Waals surface area contributed by atoms with Crippen molar-refractivity contribution in [3.63, 3.8) is 0 Å². The van der Waals surface area contributed by atoms with Crippen molar-refractivity contribution in [2.45, 2.75) is 63.1 Å². The highest BCUT2D eigenvalue weighted by atomic mass is 28.4. The van der Waals surface area contributed by atoms with E-state index in [-0.39, 0.29) is 37.3 Å². The van der Waals surface area contributed by atoms with Crippen molar-refractivity contribution in [2.24, 2.45) is 5.92 Å².